The zero-order chi connectivity index (χ0) is 14.2. The molecule has 1 aromatic heterocycles. The number of ether oxygens (including phenoxy) is 1. The van der Waals surface area contributed by atoms with Crippen LogP contribution >= 0.6 is 11.6 Å². The monoisotopic (exact) mass is 293 g/mol. The number of halogens is 1. The summed E-state index contributed by atoms with van der Waals surface area (Å²) in [6.45, 7) is 4.96. The minimum absolute atomic E-state index is 0.483. The number of rotatable bonds is 8. The van der Waals surface area contributed by atoms with Gasteiger partial charge < -0.3 is 14.5 Å². The van der Waals surface area contributed by atoms with Crippen molar-refractivity contribution in [3.63, 3.8) is 0 Å². The van der Waals surface area contributed by atoms with Gasteiger partial charge in [0.2, 0.25) is 0 Å². The molecule has 0 saturated carbocycles. The van der Waals surface area contributed by atoms with Crippen LogP contribution in [0, 0.1) is 0 Å². The molecule has 0 aliphatic rings. The molecule has 0 saturated heterocycles. The Hall–Kier alpha value is -1.29. The summed E-state index contributed by atoms with van der Waals surface area (Å²) in [6.07, 6.45) is 1.12. The molecule has 1 aromatic carbocycles. The zero-order valence-corrected chi connectivity index (χ0v) is 12.5. The van der Waals surface area contributed by atoms with Crippen LogP contribution in [-0.4, -0.2) is 6.54 Å². The van der Waals surface area contributed by atoms with Crippen molar-refractivity contribution in [2.75, 3.05) is 6.54 Å². The van der Waals surface area contributed by atoms with Gasteiger partial charge in [-0.05, 0) is 42.8 Å². The third-order valence-corrected chi connectivity index (χ3v) is 3.12. The van der Waals surface area contributed by atoms with E-state index < -0.39 is 0 Å². The fourth-order valence-corrected chi connectivity index (χ4v) is 1.96. The Morgan fingerprint density at radius 1 is 1.05 bits per heavy atom. The van der Waals surface area contributed by atoms with E-state index in [4.69, 9.17) is 20.8 Å². The van der Waals surface area contributed by atoms with Gasteiger partial charge in [0.05, 0.1) is 13.2 Å². The average molecular weight is 294 g/mol. The Morgan fingerprint density at radius 3 is 2.55 bits per heavy atom. The molecule has 108 valence electrons. The van der Waals surface area contributed by atoms with Gasteiger partial charge in [0, 0.05) is 5.02 Å². The third kappa shape index (κ3) is 5.00. The van der Waals surface area contributed by atoms with E-state index in [1.54, 1.807) is 0 Å². The van der Waals surface area contributed by atoms with Crippen LogP contribution in [-0.2, 0) is 24.5 Å². The second kappa shape index (κ2) is 8.10. The number of hydrogen-bond acceptors (Lipinski definition) is 3. The summed E-state index contributed by atoms with van der Waals surface area (Å²) in [5.74, 6) is 1.80. The summed E-state index contributed by atoms with van der Waals surface area (Å²) in [7, 11) is 0. The van der Waals surface area contributed by atoms with Crippen LogP contribution in [0.1, 0.15) is 30.4 Å². The topological polar surface area (TPSA) is 34.4 Å². The number of furan rings is 1. The van der Waals surface area contributed by atoms with Crippen molar-refractivity contribution in [1.82, 2.24) is 5.32 Å². The van der Waals surface area contributed by atoms with Crippen molar-refractivity contribution in [3.8, 4) is 0 Å². The van der Waals surface area contributed by atoms with Crippen molar-refractivity contribution in [1.29, 1.82) is 0 Å². The highest BCUT2D eigenvalue weighted by molar-refractivity contribution is 6.30. The molecule has 0 bridgehead atoms. The van der Waals surface area contributed by atoms with Gasteiger partial charge in [0.15, 0.2) is 0 Å². The lowest BCUT2D eigenvalue weighted by Gasteiger charge is -2.03. The van der Waals surface area contributed by atoms with Gasteiger partial charge >= 0.3 is 0 Å². The van der Waals surface area contributed by atoms with Crippen molar-refractivity contribution in [2.45, 2.75) is 33.1 Å². The van der Waals surface area contributed by atoms with E-state index in [1.807, 2.05) is 36.4 Å². The van der Waals surface area contributed by atoms with Gasteiger partial charge in [-0.3, -0.25) is 0 Å². The van der Waals surface area contributed by atoms with Crippen LogP contribution < -0.4 is 5.32 Å². The molecule has 0 amide bonds. The number of nitrogens with one attached hydrogen (secondary N) is 1. The molecule has 0 fully saturated rings. The van der Waals surface area contributed by atoms with E-state index in [2.05, 4.69) is 12.2 Å². The first-order chi connectivity index (χ1) is 9.78. The summed E-state index contributed by atoms with van der Waals surface area (Å²) in [5.41, 5.74) is 1.10. The fourth-order valence-electron chi connectivity index (χ4n) is 1.83. The Kier molecular flexibility index (Phi) is 6.12. The van der Waals surface area contributed by atoms with E-state index in [1.165, 1.54) is 0 Å². The van der Waals surface area contributed by atoms with Gasteiger partial charge in [-0.25, -0.2) is 0 Å². The predicted octanol–water partition coefficient (Wildman–Crippen LogP) is 4.15. The molecule has 0 aliphatic carbocycles. The molecule has 3 nitrogen and oxygen atoms in total. The molecule has 1 heterocycles. The molecule has 1 N–H and O–H groups in total. The Balaban J connectivity index is 1.72. The van der Waals surface area contributed by atoms with Crippen molar-refractivity contribution >= 4 is 11.6 Å². The van der Waals surface area contributed by atoms with Gasteiger partial charge in [-0.1, -0.05) is 30.7 Å². The van der Waals surface area contributed by atoms with Crippen LogP contribution in [0.4, 0.5) is 0 Å². The van der Waals surface area contributed by atoms with E-state index in [0.717, 1.165) is 41.6 Å². The van der Waals surface area contributed by atoms with E-state index in [0.29, 0.717) is 13.2 Å². The lowest BCUT2D eigenvalue weighted by Crippen LogP contribution is -2.13. The minimum atomic E-state index is 0.483. The van der Waals surface area contributed by atoms with E-state index in [-0.39, 0.29) is 0 Å². The molecule has 0 unspecified atom stereocenters. The fraction of sp³-hybridized carbons (Fsp3) is 0.375. The minimum Gasteiger partial charge on any atom is -0.462 e. The third-order valence-electron chi connectivity index (χ3n) is 2.87. The van der Waals surface area contributed by atoms with Crippen LogP contribution in [0.25, 0.3) is 0 Å². The molecule has 0 aliphatic heterocycles. The molecule has 2 aromatic rings. The van der Waals surface area contributed by atoms with E-state index >= 15 is 0 Å². The lowest BCUT2D eigenvalue weighted by molar-refractivity contribution is 0.0920. The van der Waals surface area contributed by atoms with Gasteiger partial charge in [-0.15, -0.1) is 0 Å². The molecule has 2 rings (SSSR count). The summed E-state index contributed by atoms with van der Waals surface area (Å²) >= 11 is 5.83. The summed E-state index contributed by atoms with van der Waals surface area (Å²) in [4.78, 5) is 0. The highest BCUT2D eigenvalue weighted by atomic mass is 35.5. The molecule has 0 radical (unpaired) electrons. The Labute approximate surface area is 124 Å². The largest absolute Gasteiger partial charge is 0.462 e. The Morgan fingerprint density at radius 2 is 1.80 bits per heavy atom. The number of benzene rings is 1. The zero-order valence-electron chi connectivity index (χ0n) is 11.7. The smallest absolute Gasteiger partial charge is 0.129 e. The van der Waals surface area contributed by atoms with Gasteiger partial charge in [-0.2, -0.15) is 0 Å². The van der Waals surface area contributed by atoms with Crippen molar-refractivity contribution in [2.24, 2.45) is 0 Å². The summed E-state index contributed by atoms with van der Waals surface area (Å²) in [6, 6.07) is 11.6. The molecule has 4 heteroatoms. The van der Waals surface area contributed by atoms with Gasteiger partial charge in [0.1, 0.15) is 18.1 Å². The maximum absolute atomic E-state index is 5.83. The average Bonchev–Trinajstić information content (AvgIpc) is 2.89. The Bertz CT molecular complexity index is 507. The first kappa shape index (κ1) is 15.1. The molecular weight excluding hydrogens is 274 g/mol. The maximum atomic E-state index is 5.83. The second-order valence-electron chi connectivity index (χ2n) is 4.66. The van der Waals surface area contributed by atoms with E-state index in [9.17, 15) is 0 Å². The molecule has 0 spiro atoms. The first-order valence-corrected chi connectivity index (χ1v) is 7.26. The SMILES string of the molecule is CCCNCc1ccc(COCc2ccc(Cl)cc2)o1. The van der Waals surface area contributed by atoms with Crippen LogP contribution in [0.15, 0.2) is 40.8 Å². The predicted molar refractivity (Wildman–Crippen MR) is 80.7 cm³/mol. The van der Waals surface area contributed by atoms with Crippen LogP contribution in [0.5, 0.6) is 0 Å². The van der Waals surface area contributed by atoms with Gasteiger partial charge in [0.25, 0.3) is 0 Å². The molecule has 20 heavy (non-hydrogen) atoms. The normalized spacial score (nSPS) is 10.9. The first-order valence-electron chi connectivity index (χ1n) is 6.88. The second-order valence-corrected chi connectivity index (χ2v) is 5.10. The van der Waals surface area contributed by atoms with Crippen molar-refractivity contribution in [3.05, 3.63) is 58.5 Å². The standard InChI is InChI=1S/C16H20ClNO2/c1-2-9-18-10-15-7-8-16(20-15)12-19-11-13-3-5-14(17)6-4-13/h3-8,18H,2,9-12H2,1H3. The van der Waals surface area contributed by atoms with Crippen LogP contribution in [0.3, 0.4) is 0 Å². The van der Waals surface area contributed by atoms with Crippen molar-refractivity contribution < 1.29 is 9.15 Å². The maximum Gasteiger partial charge on any atom is 0.129 e. The van der Waals surface area contributed by atoms with Crippen LogP contribution in [0.2, 0.25) is 5.02 Å². The summed E-state index contributed by atoms with van der Waals surface area (Å²) < 4.78 is 11.3. The highest BCUT2D eigenvalue weighted by Crippen LogP contribution is 2.13. The molecular formula is C16H20ClNO2. The highest BCUT2D eigenvalue weighted by Gasteiger charge is 2.02. The number of hydrogen-bond donors (Lipinski definition) is 1. The summed E-state index contributed by atoms with van der Waals surface area (Å²) in [5, 5.41) is 4.04. The quantitative estimate of drug-likeness (QED) is 0.743. The molecule has 0 atom stereocenters. The lowest BCUT2D eigenvalue weighted by atomic mass is 10.2.